The standard InChI is InChI=1S/C11H24O2Si/c1-11(2,3)14(4,5)13-10(8-12)9-6-7-9/h9-10,12H,6-8H2,1-5H3/t10-/m0/s1. The largest absolute Gasteiger partial charge is 0.411 e. The van der Waals surface area contributed by atoms with Gasteiger partial charge < -0.3 is 9.53 Å². The van der Waals surface area contributed by atoms with Gasteiger partial charge >= 0.3 is 0 Å². The number of rotatable bonds is 4. The van der Waals surface area contributed by atoms with E-state index in [1.165, 1.54) is 12.8 Å². The van der Waals surface area contributed by atoms with E-state index in [0.717, 1.165) is 0 Å². The predicted molar refractivity (Wildman–Crippen MR) is 61.9 cm³/mol. The summed E-state index contributed by atoms with van der Waals surface area (Å²) in [6.07, 6.45) is 2.58. The van der Waals surface area contributed by atoms with E-state index in [1.54, 1.807) is 0 Å². The molecule has 0 bridgehead atoms. The number of aliphatic hydroxyl groups is 1. The fraction of sp³-hybridized carbons (Fsp3) is 1.00. The number of hydrogen-bond acceptors (Lipinski definition) is 2. The van der Waals surface area contributed by atoms with E-state index in [2.05, 4.69) is 33.9 Å². The highest BCUT2D eigenvalue weighted by molar-refractivity contribution is 6.74. The molecule has 1 rings (SSSR count). The molecular formula is C11H24O2Si. The van der Waals surface area contributed by atoms with Gasteiger partial charge in [0.2, 0.25) is 0 Å². The van der Waals surface area contributed by atoms with Crippen LogP contribution in [-0.4, -0.2) is 26.1 Å². The minimum Gasteiger partial charge on any atom is -0.411 e. The Labute approximate surface area is 88.8 Å². The summed E-state index contributed by atoms with van der Waals surface area (Å²) in [6.45, 7) is 11.4. The van der Waals surface area contributed by atoms with E-state index in [9.17, 15) is 5.11 Å². The Bertz CT molecular complexity index is 192. The lowest BCUT2D eigenvalue weighted by Crippen LogP contribution is -2.45. The van der Waals surface area contributed by atoms with Crippen molar-refractivity contribution in [2.75, 3.05) is 6.61 Å². The summed E-state index contributed by atoms with van der Waals surface area (Å²) < 4.78 is 6.16. The Morgan fingerprint density at radius 1 is 1.36 bits per heavy atom. The summed E-state index contributed by atoms with van der Waals surface area (Å²) in [6, 6.07) is 0. The van der Waals surface area contributed by atoms with Gasteiger partial charge in [0.25, 0.3) is 0 Å². The maximum absolute atomic E-state index is 9.26. The fourth-order valence-electron chi connectivity index (χ4n) is 1.31. The highest BCUT2D eigenvalue weighted by atomic mass is 28.4. The molecule has 1 aliphatic rings. The second-order valence-electron chi connectivity index (χ2n) is 5.94. The van der Waals surface area contributed by atoms with Crippen molar-refractivity contribution in [3.05, 3.63) is 0 Å². The lowest BCUT2D eigenvalue weighted by atomic mass is 10.2. The number of hydrogen-bond donors (Lipinski definition) is 1. The highest BCUT2D eigenvalue weighted by Crippen LogP contribution is 2.41. The molecule has 1 saturated carbocycles. The molecule has 1 aliphatic carbocycles. The van der Waals surface area contributed by atoms with Crippen LogP contribution in [0.1, 0.15) is 33.6 Å². The van der Waals surface area contributed by atoms with E-state index < -0.39 is 8.32 Å². The molecule has 0 aromatic rings. The lowest BCUT2D eigenvalue weighted by Gasteiger charge is -2.39. The van der Waals surface area contributed by atoms with Crippen molar-refractivity contribution in [2.24, 2.45) is 5.92 Å². The van der Waals surface area contributed by atoms with E-state index in [4.69, 9.17) is 4.43 Å². The van der Waals surface area contributed by atoms with Gasteiger partial charge in [-0.3, -0.25) is 0 Å². The van der Waals surface area contributed by atoms with Gasteiger partial charge in [0, 0.05) is 0 Å². The van der Waals surface area contributed by atoms with Crippen LogP contribution < -0.4 is 0 Å². The zero-order valence-electron chi connectivity index (χ0n) is 10.1. The molecule has 84 valence electrons. The molecule has 0 aromatic carbocycles. The van der Waals surface area contributed by atoms with Crippen molar-refractivity contribution in [3.8, 4) is 0 Å². The van der Waals surface area contributed by atoms with Gasteiger partial charge in [-0.05, 0) is 36.9 Å². The van der Waals surface area contributed by atoms with Gasteiger partial charge in [0.05, 0.1) is 12.7 Å². The molecule has 2 nitrogen and oxygen atoms in total. The lowest BCUT2D eigenvalue weighted by molar-refractivity contribution is 0.0862. The Morgan fingerprint density at radius 3 is 2.14 bits per heavy atom. The van der Waals surface area contributed by atoms with Crippen LogP contribution in [0.15, 0.2) is 0 Å². The van der Waals surface area contributed by atoms with Crippen LogP contribution in [0, 0.1) is 5.92 Å². The summed E-state index contributed by atoms with van der Waals surface area (Å²) in [7, 11) is -1.67. The average molecular weight is 216 g/mol. The minimum absolute atomic E-state index is 0.107. The van der Waals surface area contributed by atoms with Crippen LogP contribution in [0.5, 0.6) is 0 Å². The van der Waals surface area contributed by atoms with Crippen molar-refractivity contribution < 1.29 is 9.53 Å². The number of aliphatic hydroxyl groups excluding tert-OH is 1. The Kier molecular flexibility index (Phi) is 3.44. The highest BCUT2D eigenvalue weighted by Gasteiger charge is 2.42. The van der Waals surface area contributed by atoms with Crippen molar-refractivity contribution in [1.82, 2.24) is 0 Å². The van der Waals surface area contributed by atoms with E-state index in [1.807, 2.05) is 0 Å². The van der Waals surface area contributed by atoms with Crippen LogP contribution in [0.4, 0.5) is 0 Å². The summed E-state index contributed by atoms with van der Waals surface area (Å²) >= 11 is 0. The van der Waals surface area contributed by atoms with E-state index in [0.29, 0.717) is 5.92 Å². The van der Waals surface area contributed by atoms with Crippen molar-refractivity contribution >= 4 is 8.32 Å². The summed E-state index contributed by atoms with van der Waals surface area (Å²) in [5, 5.41) is 9.51. The molecule has 0 aliphatic heterocycles. The molecular weight excluding hydrogens is 192 g/mol. The van der Waals surface area contributed by atoms with Crippen LogP contribution in [0.3, 0.4) is 0 Å². The maximum atomic E-state index is 9.26. The zero-order valence-corrected chi connectivity index (χ0v) is 11.1. The molecule has 1 fully saturated rings. The first-order chi connectivity index (χ1) is 6.28. The third-order valence-electron chi connectivity index (χ3n) is 3.58. The molecule has 0 spiro atoms. The Morgan fingerprint density at radius 2 is 1.86 bits per heavy atom. The first-order valence-corrected chi connectivity index (χ1v) is 8.47. The molecule has 1 N–H and O–H groups in total. The molecule has 14 heavy (non-hydrogen) atoms. The van der Waals surface area contributed by atoms with Crippen molar-refractivity contribution in [1.29, 1.82) is 0 Å². The van der Waals surface area contributed by atoms with Crippen molar-refractivity contribution in [3.63, 3.8) is 0 Å². The van der Waals surface area contributed by atoms with Crippen LogP contribution in [0.25, 0.3) is 0 Å². The quantitative estimate of drug-likeness (QED) is 0.732. The molecule has 0 aromatic heterocycles. The van der Waals surface area contributed by atoms with Crippen LogP contribution in [-0.2, 0) is 4.43 Å². The third-order valence-corrected chi connectivity index (χ3v) is 8.08. The topological polar surface area (TPSA) is 29.5 Å². The molecule has 3 heteroatoms. The maximum Gasteiger partial charge on any atom is 0.192 e. The SMILES string of the molecule is CC(C)(C)[Si](C)(C)O[C@@H](CO)C1CC1. The third kappa shape index (κ3) is 2.81. The predicted octanol–water partition coefficient (Wildman–Crippen LogP) is 2.78. The van der Waals surface area contributed by atoms with E-state index >= 15 is 0 Å². The van der Waals surface area contributed by atoms with Gasteiger partial charge in [-0.25, -0.2) is 0 Å². The van der Waals surface area contributed by atoms with Gasteiger partial charge in [0.15, 0.2) is 8.32 Å². The van der Waals surface area contributed by atoms with Crippen molar-refractivity contribution in [2.45, 2.75) is 57.8 Å². The van der Waals surface area contributed by atoms with Gasteiger partial charge in [-0.2, -0.15) is 0 Å². The summed E-state index contributed by atoms with van der Waals surface area (Å²) in [5.41, 5.74) is 0. The van der Waals surface area contributed by atoms with Gasteiger partial charge in [-0.1, -0.05) is 20.8 Å². The Hall–Kier alpha value is 0.137. The zero-order chi connectivity index (χ0) is 11.0. The second kappa shape index (κ2) is 3.95. The Balaban J connectivity index is 2.55. The van der Waals surface area contributed by atoms with Crippen LogP contribution >= 0.6 is 0 Å². The smallest absolute Gasteiger partial charge is 0.192 e. The normalized spacial score (nSPS) is 21.0. The molecule has 0 unspecified atom stereocenters. The minimum atomic E-state index is -1.67. The molecule has 0 radical (unpaired) electrons. The van der Waals surface area contributed by atoms with Gasteiger partial charge in [0.1, 0.15) is 0 Å². The van der Waals surface area contributed by atoms with E-state index in [-0.39, 0.29) is 17.7 Å². The fourth-order valence-corrected chi connectivity index (χ4v) is 2.68. The first-order valence-electron chi connectivity index (χ1n) is 5.56. The second-order valence-corrected chi connectivity index (χ2v) is 10.7. The molecule has 0 amide bonds. The molecule has 1 atom stereocenters. The monoisotopic (exact) mass is 216 g/mol. The summed E-state index contributed by atoms with van der Waals surface area (Å²) in [5.74, 6) is 0.633. The average Bonchev–Trinajstić information content (AvgIpc) is 2.80. The molecule has 0 heterocycles. The van der Waals surface area contributed by atoms with Crippen LogP contribution in [0.2, 0.25) is 18.1 Å². The molecule has 0 saturated heterocycles. The first kappa shape index (κ1) is 12.2. The summed E-state index contributed by atoms with van der Waals surface area (Å²) in [4.78, 5) is 0. The van der Waals surface area contributed by atoms with Gasteiger partial charge in [-0.15, -0.1) is 0 Å².